The van der Waals surface area contributed by atoms with Gasteiger partial charge in [0.05, 0.1) is 27.4 Å². The first kappa shape index (κ1) is 66.0. The average Bonchev–Trinajstić information content (AvgIpc) is 1.02. The lowest BCUT2D eigenvalue weighted by atomic mass is 9.66. The third-order valence-electron chi connectivity index (χ3n) is 16.8. The second-order valence-electron chi connectivity index (χ2n) is 23.4. The maximum absolute atomic E-state index is 13.3. The van der Waals surface area contributed by atoms with Crippen molar-refractivity contribution in [2.24, 2.45) is 0 Å². The van der Waals surface area contributed by atoms with Crippen molar-refractivity contribution in [1.82, 2.24) is 5.06 Å². The molecule has 0 saturated carbocycles. The average molecular weight is 1220 g/mol. The van der Waals surface area contributed by atoms with Crippen LogP contribution in [0.5, 0.6) is 0 Å². The summed E-state index contributed by atoms with van der Waals surface area (Å²) >= 11 is 0. The van der Waals surface area contributed by atoms with E-state index in [0.29, 0.717) is 17.9 Å². The van der Waals surface area contributed by atoms with Crippen LogP contribution in [-0.4, -0.2) is 68.7 Å². The van der Waals surface area contributed by atoms with Crippen LogP contribution in [0.25, 0.3) is 0 Å². The van der Waals surface area contributed by atoms with E-state index < -0.39 is 55.6 Å². The van der Waals surface area contributed by atoms with E-state index in [9.17, 15) is 36.3 Å². The van der Waals surface area contributed by atoms with Gasteiger partial charge in [0.25, 0.3) is 11.8 Å². The lowest BCUT2D eigenvalue weighted by Gasteiger charge is -2.36. The van der Waals surface area contributed by atoms with E-state index >= 15 is 0 Å². The topological polar surface area (TPSA) is 161 Å². The third kappa shape index (κ3) is 17.4. The molecular formula is C75H83NO10S2. The normalized spacial score (nSPS) is 13.5. The maximum atomic E-state index is 13.3. The van der Waals surface area contributed by atoms with Crippen LogP contribution in [0, 0.1) is 27.7 Å². The number of nitrogens with zero attached hydrogens (tertiary/aromatic N) is 1. The Labute approximate surface area is 521 Å². The molecule has 1 heterocycles. The SMILES string of the molecule is Cc1ccc(C(CCCCCCC(CS(=O)(=O)c2ccc(C)cc2)OC(=O)ON2C(=O)CCC2=O)(c2ccccc2)c2ccccc2)cc1.Cc1ccc(C(CCCCCCC(O)CS(=O)(=O)c2ccc(C)cc2)(c2ccccc2)c2ccccc2)cc1. The standard InChI is InChI=1S/C40H43NO7S.C35H40O3S/c1-30-18-22-34(23-19-30)40(32-13-7-5-8-14-32,33-15-9-6-10-16-33)28-12-4-3-11-17-35(29-49(45,46)36-24-20-31(2)21-25-36)47-39(44)48-41-37(42)26-27-38(41)43;1-28-18-22-32(23-19-28)35(30-13-7-5-8-14-30,31-15-9-6-10-16-31)26-12-4-3-11-17-33(36)27-39(37,38)34-24-20-29(2)21-25-34/h5-10,13-16,18-25,35H,3-4,11-12,17,26-29H2,1-2H3;5-10,13-16,18-25,33,36H,3-4,11-12,17,26-27H2,1-2H3. The number of hydrogen-bond donors (Lipinski definition) is 1. The highest BCUT2D eigenvalue weighted by Gasteiger charge is 2.38. The minimum absolute atomic E-state index is 0.0584. The number of carbonyl (C=O) groups is 3. The number of carbonyl (C=O) groups excluding carboxylic acids is 3. The summed E-state index contributed by atoms with van der Waals surface area (Å²) in [6, 6.07) is 73.6. The first-order valence-electron chi connectivity index (χ1n) is 30.8. The van der Waals surface area contributed by atoms with E-state index in [2.05, 4.69) is 172 Å². The molecule has 11 nitrogen and oxygen atoms in total. The fourth-order valence-electron chi connectivity index (χ4n) is 12.0. The number of benzene rings is 8. The number of unbranched alkanes of at least 4 members (excludes halogenated alkanes) is 6. The smallest absolute Gasteiger partial charge is 0.428 e. The van der Waals surface area contributed by atoms with Gasteiger partial charge >= 0.3 is 6.16 Å². The van der Waals surface area contributed by atoms with Gasteiger partial charge in [0, 0.05) is 23.7 Å². The van der Waals surface area contributed by atoms with E-state index in [1.807, 2.05) is 26.0 Å². The van der Waals surface area contributed by atoms with Crippen molar-refractivity contribution in [3.05, 3.63) is 274 Å². The largest absolute Gasteiger partial charge is 0.534 e. The number of sulfone groups is 2. The van der Waals surface area contributed by atoms with Crippen molar-refractivity contribution in [2.45, 2.75) is 150 Å². The Morgan fingerprint density at radius 1 is 0.420 bits per heavy atom. The number of aliphatic hydroxyl groups is 1. The fraction of sp³-hybridized carbons (Fsp3) is 0.320. The van der Waals surface area contributed by atoms with Crippen molar-refractivity contribution in [2.75, 3.05) is 11.5 Å². The zero-order valence-corrected chi connectivity index (χ0v) is 52.8. The molecule has 8 aromatic rings. The van der Waals surface area contributed by atoms with Gasteiger partial charge in [-0.2, -0.15) is 0 Å². The molecule has 0 aliphatic carbocycles. The minimum atomic E-state index is -3.81. The zero-order valence-electron chi connectivity index (χ0n) is 51.1. The van der Waals surface area contributed by atoms with Gasteiger partial charge in [-0.25, -0.2) is 21.6 Å². The Kier molecular flexibility index (Phi) is 23.5. The first-order valence-corrected chi connectivity index (χ1v) is 34.1. The number of rotatable bonds is 28. The molecule has 0 radical (unpaired) electrons. The third-order valence-corrected chi connectivity index (χ3v) is 20.4. The summed E-state index contributed by atoms with van der Waals surface area (Å²) in [4.78, 5) is 41.9. The maximum Gasteiger partial charge on any atom is 0.534 e. The predicted octanol–water partition coefficient (Wildman–Crippen LogP) is 15.9. The Morgan fingerprint density at radius 3 is 1.09 bits per heavy atom. The second kappa shape index (κ2) is 31.3. The van der Waals surface area contributed by atoms with Crippen molar-refractivity contribution in [3.63, 3.8) is 0 Å². The molecule has 2 unspecified atom stereocenters. The Hall–Kier alpha value is -7.97. The second-order valence-corrected chi connectivity index (χ2v) is 27.5. The van der Waals surface area contributed by atoms with Crippen molar-refractivity contribution in [3.8, 4) is 0 Å². The number of ether oxygens (including phenoxy) is 1. The molecule has 1 aliphatic rings. The van der Waals surface area contributed by atoms with Crippen LogP contribution in [0.1, 0.15) is 146 Å². The van der Waals surface area contributed by atoms with E-state index in [1.54, 1.807) is 36.4 Å². The predicted molar refractivity (Wildman–Crippen MR) is 348 cm³/mol. The van der Waals surface area contributed by atoms with Gasteiger partial charge in [-0.1, -0.05) is 266 Å². The number of hydroxylamine groups is 2. The fourth-order valence-corrected chi connectivity index (χ4v) is 14.9. The zero-order chi connectivity index (χ0) is 62.6. The first-order chi connectivity index (χ1) is 42.4. The van der Waals surface area contributed by atoms with Gasteiger partial charge in [-0.05, 0) is 117 Å². The molecule has 460 valence electrons. The van der Waals surface area contributed by atoms with Crippen LogP contribution in [-0.2, 0) is 49.7 Å². The number of hydrogen-bond acceptors (Lipinski definition) is 10. The van der Waals surface area contributed by atoms with Gasteiger partial charge in [-0.3, -0.25) is 14.4 Å². The highest BCUT2D eigenvalue weighted by Crippen LogP contribution is 2.45. The van der Waals surface area contributed by atoms with Crippen LogP contribution in [0.3, 0.4) is 0 Å². The molecule has 1 saturated heterocycles. The van der Waals surface area contributed by atoms with Gasteiger partial charge < -0.3 is 9.84 Å². The number of aryl methyl sites for hydroxylation is 4. The highest BCUT2D eigenvalue weighted by atomic mass is 32.2. The van der Waals surface area contributed by atoms with Gasteiger partial charge in [-0.15, -0.1) is 0 Å². The van der Waals surface area contributed by atoms with Gasteiger partial charge in [0.2, 0.25) is 0 Å². The van der Waals surface area contributed by atoms with E-state index in [1.165, 1.54) is 56.6 Å². The summed E-state index contributed by atoms with van der Waals surface area (Å²) in [5, 5.41) is 10.9. The summed E-state index contributed by atoms with van der Waals surface area (Å²) in [7, 11) is -7.30. The minimum Gasteiger partial charge on any atom is -0.428 e. The lowest BCUT2D eigenvalue weighted by molar-refractivity contribution is -0.178. The highest BCUT2D eigenvalue weighted by molar-refractivity contribution is 7.91. The van der Waals surface area contributed by atoms with Crippen LogP contribution < -0.4 is 0 Å². The Bertz CT molecular complexity index is 3620. The molecule has 1 fully saturated rings. The number of amides is 2. The molecule has 9 rings (SSSR count). The van der Waals surface area contributed by atoms with Crippen LogP contribution in [0.4, 0.5) is 4.79 Å². The summed E-state index contributed by atoms with van der Waals surface area (Å²) in [6.45, 7) is 8.00. The number of aliphatic hydroxyl groups excluding tert-OH is 1. The van der Waals surface area contributed by atoms with Gasteiger partial charge in [0.1, 0.15) is 6.10 Å². The summed E-state index contributed by atoms with van der Waals surface area (Å²) < 4.78 is 57.4. The molecular weight excluding hydrogens is 1140 g/mol. The molecule has 0 bridgehead atoms. The molecule has 88 heavy (non-hydrogen) atoms. The Balaban J connectivity index is 0.000000234. The van der Waals surface area contributed by atoms with E-state index in [4.69, 9.17) is 9.57 Å². The molecule has 1 aliphatic heterocycles. The van der Waals surface area contributed by atoms with E-state index in [0.717, 1.165) is 68.9 Å². The molecule has 2 amide bonds. The number of imide groups is 1. The summed E-state index contributed by atoms with van der Waals surface area (Å²) in [5.74, 6) is -1.96. The molecule has 0 spiro atoms. The quantitative estimate of drug-likeness (QED) is 0.0216. The molecule has 8 aromatic carbocycles. The molecule has 1 N–H and O–H groups in total. The van der Waals surface area contributed by atoms with Crippen molar-refractivity contribution >= 4 is 37.6 Å². The summed E-state index contributed by atoms with van der Waals surface area (Å²) in [5.41, 5.74) is 11.3. The van der Waals surface area contributed by atoms with Gasteiger partial charge in [0.15, 0.2) is 19.7 Å². The van der Waals surface area contributed by atoms with Crippen LogP contribution in [0.2, 0.25) is 0 Å². The lowest BCUT2D eigenvalue weighted by Crippen LogP contribution is -2.35. The van der Waals surface area contributed by atoms with Crippen molar-refractivity contribution in [1.29, 1.82) is 0 Å². The van der Waals surface area contributed by atoms with Crippen LogP contribution in [0.15, 0.2) is 228 Å². The molecule has 0 aromatic heterocycles. The summed E-state index contributed by atoms with van der Waals surface area (Å²) in [6.07, 6.45) is 6.23. The molecule has 13 heteroatoms. The van der Waals surface area contributed by atoms with Crippen LogP contribution >= 0.6 is 0 Å². The van der Waals surface area contributed by atoms with Crippen molar-refractivity contribution < 1.29 is 45.9 Å². The Morgan fingerprint density at radius 2 is 0.727 bits per heavy atom. The monoisotopic (exact) mass is 1220 g/mol. The van der Waals surface area contributed by atoms with E-state index in [-0.39, 0.29) is 45.6 Å². The molecule has 2 atom stereocenters.